The van der Waals surface area contributed by atoms with Gasteiger partial charge in [-0.05, 0) is 19.9 Å². The molecule has 1 saturated heterocycles. The number of hydrogen-bond acceptors (Lipinski definition) is 4. The summed E-state index contributed by atoms with van der Waals surface area (Å²) in [5.41, 5.74) is 0.441. The van der Waals surface area contributed by atoms with Crippen molar-refractivity contribution in [1.29, 1.82) is 0 Å². The highest BCUT2D eigenvalue weighted by Gasteiger charge is 2.71. The number of fused-ring (bicyclic) bond motifs is 1. The standard InChI is InChI=1S/C10H12BNO3/c1-9-6-10(9,2)15-11(14-9)7-3-8(13)5-12-4-7/h3-5,13H,6H2,1-2H3. The van der Waals surface area contributed by atoms with Gasteiger partial charge in [-0.2, -0.15) is 0 Å². The molecule has 4 nitrogen and oxygen atoms in total. The Hall–Kier alpha value is -1.07. The second kappa shape index (κ2) is 2.54. The predicted molar refractivity (Wildman–Crippen MR) is 54.9 cm³/mol. The first kappa shape index (κ1) is 9.18. The molecule has 2 heterocycles. The zero-order valence-corrected chi connectivity index (χ0v) is 8.73. The van der Waals surface area contributed by atoms with E-state index in [0.29, 0.717) is 0 Å². The Morgan fingerprint density at radius 3 is 2.60 bits per heavy atom. The first-order chi connectivity index (χ1) is 7.02. The second-order valence-electron chi connectivity index (χ2n) is 4.68. The number of nitrogens with zero attached hydrogens (tertiary/aromatic N) is 1. The molecule has 3 rings (SSSR count). The van der Waals surface area contributed by atoms with Crippen molar-refractivity contribution < 1.29 is 14.4 Å². The van der Waals surface area contributed by atoms with Gasteiger partial charge < -0.3 is 14.4 Å². The van der Waals surface area contributed by atoms with Gasteiger partial charge in [0.05, 0.1) is 17.4 Å². The van der Waals surface area contributed by atoms with Crippen molar-refractivity contribution in [2.75, 3.05) is 0 Å². The summed E-state index contributed by atoms with van der Waals surface area (Å²) >= 11 is 0. The van der Waals surface area contributed by atoms with Crippen LogP contribution in [0.1, 0.15) is 20.3 Å². The molecule has 1 saturated carbocycles. The van der Waals surface area contributed by atoms with Crippen molar-refractivity contribution in [2.24, 2.45) is 0 Å². The minimum absolute atomic E-state index is 0.135. The lowest BCUT2D eigenvalue weighted by molar-refractivity contribution is 0.187. The summed E-state index contributed by atoms with van der Waals surface area (Å²) < 4.78 is 11.6. The van der Waals surface area contributed by atoms with Crippen molar-refractivity contribution >= 4 is 12.6 Å². The van der Waals surface area contributed by atoms with Crippen LogP contribution in [0.4, 0.5) is 0 Å². The topological polar surface area (TPSA) is 51.6 Å². The summed E-state index contributed by atoms with van der Waals surface area (Å²) in [6, 6.07) is 1.62. The Morgan fingerprint density at radius 1 is 1.33 bits per heavy atom. The Balaban J connectivity index is 1.87. The van der Waals surface area contributed by atoms with Crippen molar-refractivity contribution in [3.05, 3.63) is 18.5 Å². The van der Waals surface area contributed by atoms with E-state index in [4.69, 9.17) is 9.31 Å². The third-order valence-corrected chi connectivity index (χ3v) is 3.42. The van der Waals surface area contributed by atoms with Crippen molar-refractivity contribution in [2.45, 2.75) is 31.5 Å². The van der Waals surface area contributed by atoms with Crippen LogP contribution in [0.3, 0.4) is 0 Å². The molecule has 1 aliphatic heterocycles. The molecule has 0 aromatic carbocycles. The van der Waals surface area contributed by atoms with E-state index >= 15 is 0 Å². The van der Waals surface area contributed by atoms with E-state index in [9.17, 15) is 5.11 Å². The lowest BCUT2D eigenvalue weighted by Gasteiger charge is -2.10. The fraction of sp³-hybridized carbons (Fsp3) is 0.500. The molecule has 1 N–H and O–H groups in total. The average Bonchev–Trinajstić information content (AvgIpc) is 2.56. The Kier molecular flexibility index (Phi) is 1.55. The largest absolute Gasteiger partial charge is 0.506 e. The van der Waals surface area contributed by atoms with Crippen LogP contribution in [-0.2, 0) is 9.31 Å². The average molecular weight is 205 g/mol. The normalized spacial score (nSPS) is 37.9. The van der Waals surface area contributed by atoms with Gasteiger partial charge in [0.2, 0.25) is 0 Å². The molecule has 0 radical (unpaired) electrons. The van der Waals surface area contributed by atoms with Crippen LogP contribution in [0.5, 0.6) is 5.75 Å². The smallest absolute Gasteiger partial charge is 0.496 e. The van der Waals surface area contributed by atoms with Crippen molar-refractivity contribution in [3.8, 4) is 5.75 Å². The number of aromatic hydroxyl groups is 1. The van der Waals surface area contributed by atoms with Gasteiger partial charge in [-0.3, -0.25) is 4.98 Å². The van der Waals surface area contributed by atoms with Gasteiger partial charge >= 0.3 is 7.12 Å². The summed E-state index contributed by atoms with van der Waals surface area (Å²) in [6.07, 6.45) is 3.98. The van der Waals surface area contributed by atoms with E-state index in [1.165, 1.54) is 6.20 Å². The van der Waals surface area contributed by atoms with Gasteiger partial charge in [0, 0.05) is 18.1 Å². The molecule has 78 valence electrons. The second-order valence-corrected chi connectivity index (χ2v) is 4.68. The molecule has 2 atom stereocenters. The zero-order chi connectivity index (χ0) is 10.7. The van der Waals surface area contributed by atoms with Crippen LogP contribution in [0.15, 0.2) is 18.5 Å². The lowest BCUT2D eigenvalue weighted by Crippen LogP contribution is -2.35. The molecule has 0 amide bonds. The molecule has 2 fully saturated rings. The summed E-state index contributed by atoms with van der Waals surface area (Å²) in [6.45, 7) is 4.09. The van der Waals surface area contributed by atoms with Crippen LogP contribution in [0.2, 0.25) is 0 Å². The van der Waals surface area contributed by atoms with Crippen molar-refractivity contribution in [3.63, 3.8) is 0 Å². The third-order valence-electron chi connectivity index (χ3n) is 3.42. The number of hydrogen-bond donors (Lipinski definition) is 1. The highest BCUT2D eigenvalue weighted by atomic mass is 16.7. The first-order valence-corrected chi connectivity index (χ1v) is 5.02. The highest BCUT2D eigenvalue weighted by Crippen LogP contribution is 2.58. The molecule has 5 heteroatoms. The monoisotopic (exact) mass is 205 g/mol. The molecule has 1 aromatic heterocycles. The Bertz CT molecular complexity index is 411. The summed E-state index contributed by atoms with van der Waals surface area (Å²) in [5.74, 6) is 0.135. The van der Waals surface area contributed by atoms with Gasteiger partial charge in [-0.1, -0.05) is 0 Å². The summed E-state index contributed by atoms with van der Waals surface area (Å²) in [5, 5.41) is 9.31. The predicted octanol–water partition coefficient (Wildman–Crippen LogP) is 0.450. The van der Waals surface area contributed by atoms with Crippen LogP contribution < -0.4 is 5.46 Å². The summed E-state index contributed by atoms with van der Waals surface area (Å²) in [7, 11) is -0.395. The van der Waals surface area contributed by atoms with E-state index in [0.717, 1.165) is 11.9 Å². The van der Waals surface area contributed by atoms with Crippen LogP contribution in [-0.4, -0.2) is 28.4 Å². The molecule has 0 bridgehead atoms. The summed E-state index contributed by atoms with van der Waals surface area (Å²) in [4.78, 5) is 3.90. The van der Waals surface area contributed by atoms with Crippen LogP contribution in [0, 0.1) is 0 Å². The minimum Gasteiger partial charge on any atom is -0.506 e. The zero-order valence-electron chi connectivity index (χ0n) is 8.73. The molecular weight excluding hydrogens is 193 g/mol. The highest BCUT2D eigenvalue weighted by molar-refractivity contribution is 6.62. The molecular formula is C10H12BNO3. The van der Waals surface area contributed by atoms with Gasteiger partial charge in [0.15, 0.2) is 0 Å². The molecule has 2 unspecified atom stereocenters. The molecule has 15 heavy (non-hydrogen) atoms. The fourth-order valence-electron chi connectivity index (χ4n) is 2.14. The first-order valence-electron chi connectivity index (χ1n) is 5.02. The van der Waals surface area contributed by atoms with Gasteiger partial charge in [-0.25, -0.2) is 0 Å². The Labute approximate surface area is 88.4 Å². The van der Waals surface area contributed by atoms with E-state index in [1.807, 2.05) is 13.8 Å². The molecule has 1 aliphatic carbocycles. The quantitative estimate of drug-likeness (QED) is 0.676. The van der Waals surface area contributed by atoms with Gasteiger partial charge in [-0.15, -0.1) is 0 Å². The minimum atomic E-state index is -0.395. The maximum Gasteiger partial charge on any atom is 0.496 e. The SMILES string of the molecule is CC12CC1(C)OB(c1cncc(O)c1)O2. The number of rotatable bonds is 1. The molecule has 2 aliphatic rings. The number of pyridine rings is 1. The van der Waals surface area contributed by atoms with Crippen LogP contribution in [0.25, 0.3) is 0 Å². The maximum atomic E-state index is 9.31. The van der Waals surface area contributed by atoms with E-state index < -0.39 is 7.12 Å². The van der Waals surface area contributed by atoms with E-state index in [2.05, 4.69) is 4.98 Å². The molecule has 0 spiro atoms. The maximum absolute atomic E-state index is 9.31. The van der Waals surface area contributed by atoms with Crippen LogP contribution >= 0.6 is 0 Å². The number of aromatic nitrogens is 1. The van der Waals surface area contributed by atoms with E-state index in [-0.39, 0.29) is 17.0 Å². The fourth-order valence-corrected chi connectivity index (χ4v) is 2.14. The third kappa shape index (κ3) is 1.20. The Morgan fingerprint density at radius 2 is 2.00 bits per heavy atom. The molecule has 1 aromatic rings. The van der Waals surface area contributed by atoms with Crippen molar-refractivity contribution in [1.82, 2.24) is 4.98 Å². The lowest BCUT2D eigenvalue weighted by atomic mass is 9.80. The van der Waals surface area contributed by atoms with E-state index in [1.54, 1.807) is 12.3 Å². The van der Waals surface area contributed by atoms with Gasteiger partial charge in [0.1, 0.15) is 5.75 Å². The van der Waals surface area contributed by atoms with Gasteiger partial charge in [0.25, 0.3) is 0 Å².